The second kappa shape index (κ2) is 40.2. The number of likely N-dealkylation sites (tertiary alicyclic amines) is 1. The molecule has 11 nitrogen and oxygen atoms in total. The van der Waals surface area contributed by atoms with Crippen LogP contribution in [0, 0.1) is 193 Å². The minimum Gasteiger partial charge on any atom is -0.390 e. The molecule has 0 spiro atoms. The molecule has 752 valence electrons. The summed E-state index contributed by atoms with van der Waals surface area (Å²) in [5.41, 5.74) is 8.80. The number of aliphatic hydroxyl groups is 5. The Morgan fingerprint density at radius 1 is 0.390 bits per heavy atom. The Morgan fingerprint density at radius 2 is 0.706 bits per heavy atom. The van der Waals surface area contributed by atoms with Gasteiger partial charge in [0, 0.05) is 55.6 Å². The standard InChI is InChI=1S/C26H41NO.C26H36O2S.C25H36N2O.C22H33FO2S.C22H34O2S/c1-18(17-27-14-4-5-15-27)23-8-9-24-22-7-6-19-16-25(2,28)12-10-20(19)21(22)11-13-26(23,24)3;1-25-12-10-20-19-11-14-26(28,13-9-17-3-4-17)15-18(19)5-6-21(20)22(25)7-8-23(25)24(27)16-29-2;1-17(15-27-13-12-26-16-27)22-6-7-23-21-5-4-18-14-24(2,28)10-8-19(18)20(21)9-11-25(22,23)3;1-21-9-7-16-15-8-10-22(25,13-23)11-14(15)3-4-17(16)18(21)5-6-19(21)20(24)12-26-2;1-21(24)10-8-15-14(12-21)4-5-17-16(15)9-11-22(2)18(17)6-7-19(22)20(23)13-25-3/h6,20-24,28H,1,4-5,7-17H2,2-3H3;5,17,19-23,28H,3-4,6-8,10-12,14-16H2,1-2H3;4,12-13,16,19-23,28H,1,5-11,14-15H2,2-3H3;3,15-19,25H,4-13H2,1-2H3;4,15-19,24H,5-13H2,1-3H3/t20-,21+,22+,23+,24-,25-,26+;19-,20+,21+,22-,23+,25-,26-;19-,20+,21+,22+,23-,24-,25+;2*15-,16+,17+,18-,19+,21-,22-/m00000/s1. The van der Waals surface area contributed by atoms with E-state index in [-0.39, 0.29) is 22.2 Å². The summed E-state index contributed by atoms with van der Waals surface area (Å²) >= 11 is 5.04. The highest BCUT2D eigenvalue weighted by atomic mass is 32.2. The average molecular weight is 1920 g/mol. The molecule has 1 aromatic rings. The number of Topliss-reactive ketones (excluding diaryl/α,β-unsaturated/α-hetero) is 3. The molecule has 15 heteroatoms. The van der Waals surface area contributed by atoms with E-state index in [4.69, 9.17) is 0 Å². The molecular formula is C121H180FN3O8S3. The van der Waals surface area contributed by atoms with Crippen LogP contribution in [0.5, 0.6) is 0 Å². The van der Waals surface area contributed by atoms with Crippen molar-refractivity contribution in [2.75, 3.05) is 62.3 Å². The number of allylic oxidation sites excluding steroid dienone is 6. The number of carbonyl (C=O) groups is 3. The van der Waals surface area contributed by atoms with Crippen LogP contribution in [0.1, 0.15) is 338 Å². The molecule has 136 heavy (non-hydrogen) atoms. The molecule has 1 aromatic heterocycles. The van der Waals surface area contributed by atoms with E-state index in [2.05, 4.69) is 123 Å². The van der Waals surface area contributed by atoms with E-state index in [1.807, 2.05) is 39.6 Å². The van der Waals surface area contributed by atoms with Gasteiger partial charge in [-0.3, -0.25) is 19.3 Å². The molecule has 0 aromatic carbocycles. The second-order valence-corrected chi connectivity index (χ2v) is 55.5. The van der Waals surface area contributed by atoms with E-state index in [1.54, 1.807) is 57.6 Å². The lowest BCUT2D eigenvalue weighted by atomic mass is 9.51. The zero-order chi connectivity index (χ0) is 95.6. The third-order valence-electron chi connectivity index (χ3n) is 45.2. The zero-order valence-corrected chi connectivity index (χ0v) is 88.7. The molecule has 22 aliphatic rings. The third-order valence-corrected chi connectivity index (χ3v) is 46.9. The Hall–Kier alpha value is -3.30. The smallest absolute Gasteiger partial charge is 0.146 e. The maximum absolute atomic E-state index is 13.3. The van der Waals surface area contributed by atoms with Crippen molar-refractivity contribution in [1.29, 1.82) is 0 Å². The lowest BCUT2D eigenvalue weighted by molar-refractivity contribution is -0.127. The number of hydrogen-bond donors (Lipinski definition) is 5. The fourth-order valence-corrected chi connectivity index (χ4v) is 39.9. The minimum atomic E-state index is -1.11. The van der Waals surface area contributed by atoms with Crippen LogP contribution in [0.25, 0.3) is 0 Å². The van der Waals surface area contributed by atoms with Crippen molar-refractivity contribution in [3.8, 4) is 11.8 Å². The first-order valence-corrected chi connectivity index (χ1v) is 60.4. The molecule has 21 aliphatic carbocycles. The van der Waals surface area contributed by atoms with Crippen LogP contribution < -0.4 is 0 Å². The molecule has 5 N–H and O–H groups in total. The van der Waals surface area contributed by atoms with Crippen molar-refractivity contribution < 1.29 is 44.3 Å². The van der Waals surface area contributed by atoms with Crippen molar-refractivity contribution in [3.63, 3.8) is 0 Å². The van der Waals surface area contributed by atoms with E-state index in [0.717, 1.165) is 199 Å². The first kappa shape index (κ1) is 101. The Balaban J connectivity index is 0.000000109. The monoisotopic (exact) mass is 1920 g/mol. The van der Waals surface area contributed by atoms with Gasteiger partial charge in [-0.15, -0.1) is 0 Å². The van der Waals surface area contributed by atoms with Gasteiger partial charge in [-0.1, -0.05) is 129 Å². The van der Waals surface area contributed by atoms with Crippen LogP contribution in [0.2, 0.25) is 0 Å². The Kier molecular flexibility index (Phi) is 29.9. The van der Waals surface area contributed by atoms with Crippen molar-refractivity contribution in [2.45, 2.75) is 372 Å². The molecule has 35 atom stereocenters. The van der Waals surface area contributed by atoms with Gasteiger partial charge in [0.25, 0.3) is 0 Å². The Labute approximate surface area is 834 Å². The number of fused-ring (bicyclic) bond motifs is 25. The van der Waals surface area contributed by atoms with E-state index in [9.17, 15) is 44.3 Å². The maximum Gasteiger partial charge on any atom is 0.146 e. The molecule has 0 radical (unpaired) electrons. The number of hydrogen-bond acceptors (Lipinski definition) is 13. The van der Waals surface area contributed by atoms with E-state index < -0.39 is 34.7 Å². The number of carbonyl (C=O) groups excluding carboxylic acids is 3. The van der Waals surface area contributed by atoms with Crippen LogP contribution in [0.4, 0.5) is 4.39 Å². The fraction of sp³-hybridized carbons (Fsp3) is 0.818. The largest absolute Gasteiger partial charge is 0.390 e. The normalized spacial score (nSPS) is 47.1. The minimum absolute atomic E-state index is 0.188. The number of halogens is 1. The van der Waals surface area contributed by atoms with E-state index >= 15 is 0 Å². The summed E-state index contributed by atoms with van der Waals surface area (Å²) in [6.45, 7) is 31.8. The Bertz CT molecular complexity index is 4750. The van der Waals surface area contributed by atoms with Crippen LogP contribution in [0.15, 0.2) is 101 Å². The van der Waals surface area contributed by atoms with Gasteiger partial charge >= 0.3 is 0 Å². The maximum atomic E-state index is 13.3. The number of nitrogens with zero attached hydrogens (tertiary/aromatic N) is 3. The number of thioether (sulfide) groups is 3. The highest BCUT2D eigenvalue weighted by Gasteiger charge is 2.65. The van der Waals surface area contributed by atoms with E-state index in [1.165, 1.54) is 197 Å². The molecule has 0 amide bonds. The summed E-state index contributed by atoms with van der Waals surface area (Å²) in [5.74, 6) is 28.2. The first-order valence-electron chi connectivity index (χ1n) is 56.2. The Morgan fingerprint density at radius 3 is 1.04 bits per heavy atom. The average Bonchev–Trinajstić information content (AvgIpc) is 1.58. The van der Waals surface area contributed by atoms with Gasteiger partial charge in [-0.2, -0.15) is 35.3 Å². The number of rotatable bonds is 16. The SMILES string of the molecule is C=C(CN1CCCC1)[C@H]1CC[C@H]2[C@@H]3CC=C4C[C@@](C)(O)CC[C@@H]4[C@H]3CC[C@]12C.C=C(Cn1ccnc1)[C@H]1CC[C@H]2[C@@H]3CC=C4C[C@@](C)(O)CC[C@@H]4[C@H]3CC[C@]12C.CSCC(=O)[C@H]1CC[C@H]2[C@@H]3CC=C4C[C@@](C)(O)CC[C@@H]4[C@H]3CC[C@]12C.CSCC(=O)[C@H]1CC[C@H]2[C@@H]3CC=C4C[C@](O)(C#CC5CC5)CC[C@@H]4[C@H]3CC[C@]12C.CSCC(=O)[C@H]1CC[C@H]2[C@@H]3CC=C4C[C@](O)(CF)CC[C@@H]4[C@H]3CC[C@]12C. The summed E-state index contributed by atoms with van der Waals surface area (Å²) in [5, 5.41) is 53.0. The molecule has 1 aliphatic heterocycles. The first-order chi connectivity index (χ1) is 64.9. The predicted octanol–water partition coefficient (Wildman–Crippen LogP) is 25.9. The topological polar surface area (TPSA) is 173 Å². The van der Waals surface area contributed by atoms with Crippen LogP contribution in [-0.4, -0.2) is 148 Å². The molecule has 1 saturated heterocycles. The summed E-state index contributed by atoms with van der Waals surface area (Å²) in [4.78, 5) is 45.1. The highest BCUT2D eigenvalue weighted by Crippen LogP contribution is 2.71. The summed E-state index contributed by atoms with van der Waals surface area (Å²) in [7, 11) is 0. The predicted molar refractivity (Wildman–Crippen MR) is 557 cm³/mol. The second-order valence-electron chi connectivity index (χ2n) is 52.9. The van der Waals surface area contributed by atoms with Gasteiger partial charge in [0.2, 0.25) is 0 Å². The van der Waals surface area contributed by atoms with E-state index in [0.29, 0.717) is 123 Å². The molecule has 2 heterocycles. The lowest BCUT2D eigenvalue weighted by Gasteiger charge is -2.54. The molecule has 0 bridgehead atoms. The fourth-order valence-electron chi connectivity index (χ4n) is 38.5. The molecule has 16 saturated carbocycles. The number of ketones is 3. The van der Waals surface area contributed by atoms with Gasteiger partial charge in [0.1, 0.15) is 29.6 Å². The van der Waals surface area contributed by atoms with Gasteiger partial charge in [-0.05, 0) is 486 Å². The number of aromatic nitrogens is 2. The third kappa shape index (κ3) is 19.6. The number of imidazole rings is 1. The zero-order valence-electron chi connectivity index (χ0n) is 86.2. The van der Waals surface area contributed by atoms with Crippen molar-refractivity contribution in [3.05, 3.63) is 101 Å². The summed E-state index contributed by atoms with van der Waals surface area (Å²) < 4.78 is 15.4. The van der Waals surface area contributed by atoms with Crippen molar-refractivity contribution >= 4 is 52.6 Å². The van der Waals surface area contributed by atoms with Gasteiger partial charge < -0.3 is 30.1 Å². The van der Waals surface area contributed by atoms with Crippen molar-refractivity contribution in [2.24, 2.45) is 181 Å². The molecule has 17 fully saturated rings. The lowest BCUT2D eigenvalue weighted by Crippen LogP contribution is -2.49. The molecule has 23 rings (SSSR count). The van der Waals surface area contributed by atoms with Crippen LogP contribution >= 0.6 is 35.3 Å². The van der Waals surface area contributed by atoms with Gasteiger partial charge in [-0.25, -0.2) is 9.37 Å². The van der Waals surface area contributed by atoms with Gasteiger partial charge in [0.15, 0.2) is 0 Å². The number of alkyl halides is 1. The highest BCUT2D eigenvalue weighted by molar-refractivity contribution is 7.99. The summed E-state index contributed by atoms with van der Waals surface area (Å²) in [6, 6.07) is 0. The van der Waals surface area contributed by atoms with Crippen LogP contribution in [-0.2, 0) is 20.9 Å². The summed E-state index contributed by atoms with van der Waals surface area (Å²) in [6.07, 6.45) is 75.0. The molecular weight excluding hydrogens is 1740 g/mol. The van der Waals surface area contributed by atoms with Gasteiger partial charge in [0.05, 0.1) is 46.0 Å². The molecule has 0 unspecified atom stereocenters. The van der Waals surface area contributed by atoms with Crippen molar-refractivity contribution in [1.82, 2.24) is 14.5 Å². The quantitative estimate of drug-likeness (QED) is 0.0782. The van der Waals surface area contributed by atoms with Crippen LogP contribution in [0.3, 0.4) is 0 Å².